The zero-order chi connectivity index (χ0) is 5.45. The van der Waals surface area contributed by atoms with Crippen molar-refractivity contribution in [3.8, 4) is 0 Å². The Bertz CT molecular complexity index is 37.1. The van der Waals surface area contributed by atoms with E-state index >= 15 is 0 Å². The van der Waals surface area contributed by atoms with E-state index in [1.165, 1.54) is 0 Å². The van der Waals surface area contributed by atoms with E-state index in [1.54, 1.807) is 0 Å². The first-order valence-corrected chi connectivity index (χ1v) is 11.6. The zero-order valence-electron chi connectivity index (χ0n) is 5.45. The molecule has 0 fully saturated rings. The predicted octanol–water partition coefficient (Wildman–Crippen LogP) is 2.54. The summed E-state index contributed by atoms with van der Waals surface area (Å²) in [5.74, 6) is 0. The van der Waals surface area contributed by atoms with Crippen molar-refractivity contribution in [3.05, 3.63) is 0 Å². The van der Waals surface area contributed by atoms with Crippen molar-refractivity contribution in [2.24, 2.45) is 0 Å². The molecular weight excluding hydrogens is 135 g/mol. The molecule has 0 saturated carbocycles. The van der Waals surface area contributed by atoms with Gasteiger partial charge in [-0.1, -0.05) is 0 Å². The summed E-state index contributed by atoms with van der Waals surface area (Å²) >= 11 is -1.49. The fourth-order valence-corrected chi connectivity index (χ4v) is 0. The second-order valence-corrected chi connectivity index (χ2v) is 23.2. The van der Waals surface area contributed by atoms with Crippen LogP contribution >= 0.6 is 0 Å². The molecule has 0 amide bonds. The molecule has 0 aliphatic heterocycles. The van der Waals surface area contributed by atoms with Crippen LogP contribution in [0.15, 0.2) is 0 Å². The molecule has 0 aliphatic rings. The Morgan fingerprint density at radius 2 is 0.667 bits per heavy atom. The van der Waals surface area contributed by atoms with E-state index in [4.69, 9.17) is 0 Å². The molecule has 0 atom stereocenters. The van der Waals surface area contributed by atoms with Gasteiger partial charge in [-0.05, 0) is 0 Å². The fraction of sp³-hybridized carbons (Fsp3) is 1.00. The Kier molecular flexibility index (Phi) is 1.13. The van der Waals surface area contributed by atoms with E-state index in [0.29, 0.717) is 0 Å². The molecule has 0 aliphatic carbocycles. The standard InChI is InChI=1S/C5H15As/c1-6(2,3,4)5/h1-5H3. The Morgan fingerprint density at radius 1 is 0.667 bits per heavy atom. The predicted molar refractivity (Wildman–Crippen MR) is 35.1 cm³/mol. The molecule has 6 heavy (non-hydrogen) atoms. The first kappa shape index (κ1) is 6.56. The molecule has 0 rings (SSSR count). The second kappa shape index (κ2) is 1.04. The minimum absolute atomic E-state index is 1.49. The summed E-state index contributed by atoms with van der Waals surface area (Å²) in [4.78, 5) is 0. The van der Waals surface area contributed by atoms with E-state index in [1.807, 2.05) is 0 Å². The first-order valence-electron chi connectivity index (χ1n) is 2.24. The third kappa shape index (κ3) is 185. The topological polar surface area (TPSA) is 0 Å². The van der Waals surface area contributed by atoms with Crippen molar-refractivity contribution >= 4 is 12.5 Å². The van der Waals surface area contributed by atoms with Gasteiger partial charge in [0.2, 0.25) is 0 Å². The van der Waals surface area contributed by atoms with Crippen molar-refractivity contribution in [2.45, 2.75) is 28.6 Å². The van der Waals surface area contributed by atoms with Crippen LogP contribution in [0.1, 0.15) is 0 Å². The van der Waals surface area contributed by atoms with E-state index in [9.17, 15) is 0 Å². The molecule has 1 heteroatoms. The maximum absolute atomic E-state index is 2.39. The molecule has 0 saturated heterocycles. The summed E-state index contributed by atoms with van der Waals surface area (Å²) in [6.07, 6.45) is 0. The van der Waals surface area contributed by atoms with Gasteiger partial charge < -0.3 is 0 Å². The average molecular weight is 150 g/mol. The van der Waals surface area contributed by atoms with Gasteiger partial charge in [-0.3, -0.25) is 0 Å². The molecule has 0 aromatic rings. The molecule has 0 heterocycles. The zero-order valence-corrected chi connectivity index (χ0v) is 7.32. The van der Waals surface area contributed by atoms with Crippen molar-refractivity contribution in [3.63, 3.8) is 0 Å². The molecule has 0 nitrogen and oxygen atoms in total. The van der Waals surface area contributed by atoms with Crippen LogP contribution in [0.2, 0.25) is 28.6 Å². The maximum atomic E-state index is 2.39. The monoisotopic (exact) mass is 150 g/mol. The Labute approximate surface area is 41.6 Å². The van der Waals surface area contributed by atoms with Crippen molar-refractivity contribution in [1.29, 1.82) is 0 Å². The van der Waals surface area contributed by atoms with Gasteiger partial charge in [0.05, 0.1) is 0 Å². The van der Waals surface area contributed by atoms with E-state index in [2.05, 4.69) is 28.6 Å². The third-order valence-corrected chi connectivity index (χ3v) is 0. The van der Waals surface area contributed by atoms with Gasteiger partial charge >= 0.3 is 41.0 Å². The van der Waals surface area contributed by atoms with Crippen LogP contribution in [0.4, 0.5) is 0 Å². The normalized spacial score (nSPS) is 19.2. The van der Waals surface area contributed by atoms with Crippen LogP contribution in [0.25, 0.3) is 0 Å². The third-order valence-electron chi connectivity index (χ3n) is 0. The van der Waals surface area contributed by atoms with Crippen LogP contribution in [-0.2, 0) is 0 Å². The quantitative estimate of drug-likeness (QED) is 0.465. The molecule has 0 aromatic heterocycles. The molecule has 0 N–H and O–H groups in total. The SMILES string of the molecule is C[As](C)(C)(C)C. The van der Waals surface area contributed by atoms with Crippen LogP contribution in [0, 0.1) is 0 Å². The molecule has 0 radical (unpaired) electrons. The number of hydrogen-bond donors (Lipinski definition) is 0. The Hall–Kier alpha value is 0.558. The summed E-state index contributed by atoms with van der Waals surface area (Å²) in [5, 5.41) is 0. The molecule has 0 unspecified atom stereocenters. The van der Waals surface area contributed by atoms with Crippen LogP contribution in [0.5, 0.6) is 0 Å². The van der Waals surface area contributed by atoms with E-state index < -0.39 is 12.5 Å². The van der Waals surface area contributed by atoms with Crippen molar-refractivity contribution in [1.82, 2.24) is 0 Å². The van der Waals surface area contributed by atoms with Gasteiger partial charge in [0, 0.05) is 0 Å². The molecule has 0 spiro atoms. The van der Waals surface area contributed by atoms with Crippen molar-refractivity contribution < 1.29 is 0 Å². The van der Waals surface area contributed by atoms with Gasteiger partial charge in [-0.15, -0.1) is 0 Å². The molecule has 0 bridgehead atoms. The van der Waals surface area contributed by atoms with Crippen molar-refractivity contribution in [2.75, 3.05) is 0 Å². The summed E-state index contributed by atoms with van der Waals surface area (Å²) in [6.45, 7) is 0. The average Bonchev–Trinajstić information content (AvgIpc) is 0.650. The first-order chi connectivity index (χ1) is 2.24. The number of hydrogen-bond acceptors (Lipinski definition) is 0. The van der Waals surface area contributed by atoms with E-state index in [0.717, 1.165) is 0 Å². The summed E-state index contributed by atoms with van der Waals surface area (Å²) in [5.41, 5.74) is 11.9. The van der Waals surface area contributed by atoms with E-state index in [-0.39, 0.29) is 0 Å². The minimum atomic E-state index is -1.49. The van der Waals surface area contributed by atoms with Gasteiger partial charge in [0.25, 0.3) is 0 Å². The van der Waals surface area contributed by atoms with Gasteiger partial charge in [0.1, 0.15) is 0 Å². The van der Waals surface area contributed by atoms with Crippen LogP contribution < -0.4 is 0 Å². The van der Waals surface area contributed by atoms with Crippen LogP contribution in [0.3, 0.4) is 0 Å². The molecule has 40 valence electrons. The fourth-order valence-electron chi connectivity index (χ4n) is 0. The molecule has 0 aromatic carbocycles. The summed E-state index contributed by atoms with van der Waals surface area (Å²) in [7, 11) is 0. The number of rotatable bonds is 0. The molecular formula is C5H15As. The van der Waals surface area contributed by atoms with Gasteiger partial charge in [0.15, 0.2) is 0 Å². The second-order valence-electron chi connectivity index (χ2n) is 4.47. The Balaban J connectivity index is 3.73. The van der Waals surface area contributed by atoms with Gasteiger partial charge in [-0.25, -0.2) is 0 Å². The Morgan fingerprint density at radius 3 is 0.667 bits per heavy atom. The van der Waals surface area contributed by atoms with Gasteiger partial charge in [-0.2, -0.15) is 0 Å². The van der Waals surface area contributed by atoms with Crippen LogP contribution in [-0.4, -0.2) is 12.5 Å². The summed E-state index contributed by atoms with van der Waals surface area (Å²) < 4.78 is 0. The summed E-state index contributed by atoms with van der Waals surface area (Å²) in [6, 6.07) is 0.